The van der Waals surface area contributed by atoms with E-state index in [-0.39, 0.29) is 5.91 Å². The highest BCUT2D eigenvalue weighted by Gasteiger charge is 2.07. The highest BCUT2D eigenvalue weighted by atomic mass is 32.2. The number of hydrogen-bond donors (Lipinski definition) is 2. The van der Waals surface area contributed by atoms with Crippen molar-refractivity contribution in [3.63, 3.8) is 0 Å². The maximum Gasteiger partial charge on any atom is 0.411 e. The molecule has 0 bridgehead atoms. The van der Waals surface area contributed by atoms with Crippen molar-refractivity contribution in [2.75, 3.05) is 24.2 Å². The predicted molar refractivity (Wildman–Crippen MR) is 99.9 cm³/mol. The number of rotatable bonds is 8. The molecule has 24 heavy (non-hydrogen) atoms. The summed E-state index contributed by atoms with van der Waals surface area (Å²) in [7, 11) is 0. The normalized spacial score (nSPS) is 10.2. The second-order valence-electron chi connectivity index (χ2n) is 4.81. The van der Waals surface area contributed by atoms with Gasteiger partial charge in [-0.15, -0.1) is 11.3 Å². The second kappa shape index (κ2) is 10.00. The molecule has 7 heteroatoms. The quantitative estimate of drug-likeness (QED) is 0.695. The van der Waals surface area contributed by atoms with Gasteiger partial charge < -0.3 is 10.1 Å². The van der Waals surface area contributed by atoms with E-state index in [9.17, 15) is 9.59 Å². The summed E-state index contributed by atoms with van der Waals surface area (Å²) in [4.78, 5) is 24.9. The van der Waals surface area contributed by atoms with E-state index in [2.05, 4.69) is 22.1 Å². The van der Waals surface area contributed by atoms with Crippen LogP contribution in [0, 0.1) is 0 Å². The minimum absolute atomic E-state index is 0.153. The molecule has 0 aliphatic heterocycles. The summed E-state index contributed by atoms with van der Waals surface area (Å²) in [6.07, 6.45) is -0.528. The Bertz CT molecular complexity index is 660. The number of carbonyl (C=O) groups is 2. The smallest absolute Gasteiger partial charge is 0.411 e. The highest BCUT2D eigenvalue weighted by Crippen LogP contribution is 2.16. The minimum Gasteiger partial charge on any atom is -0.450 e. The first-order valence-corrected chi connectivity index (χ1v) is 9.64. The van der Waals surface area contributed by atoms with E-state index >= 15 is 0 Å². The molecule has 0 atom stereocenters. The summed E-state index contributed by atoms with van der Waals surface area (Å²) >= 11 is 3.53. The predicted octanol–water partition coefficient (Wildman–Crippen LogP) is 3.98. The number of ether oxygens (including phenoxy) is 1. The van der Waals surface area contributed by atoms with Crippen LogP contribution in [0.15, 0.2) is 41.8 Å². The molecule has 2 rings (SSSR count). The molecule has 2 amide bonds. The van der Waals surface area contributed by atoms with Crippen LogP contribution in [-0.2, 0) is 10.5 Å². The van der Waals surface area contributed by atoms with Crippen LogP contribution in [0.4, 0.5) is 10.5 Å². The second-order valence-corrected chi connectivity index (χ2v) is 6.95. The Kier molecular flexibility index (Phi) is 7.64. The molecule has 0 unspecified atom stereocenters. The van der Waals surface area contributed by atoms with Gasteiger partial charge in [0.25, 0.3) is 5.91 Å². The van der Waals surface area contributed by atoms with Crippen molar-refractivity contribution in [1.82, 2.24) is 5.32 Å². The van der Waals surface area contributed by atoms with Crippen molar-refractivity contribution in [3.8, 4) is 0 Å². The van der Waals surface area contributed by atoms with Gasteiger partial charge in [-0.3, -0.25) is 10.1 Å². The number of thiophene rings is 1. The van der Waals surface area contributed by atoms with Gasteiger partial charge >= 0.3 is 6.09 Å². The molecule has 1 heterocycles. The monoisotopic (exact) mass is 364 g/mol. The number of nitrogens with one attached hydrogen (secondary N) is 2. The molecule has 0 saturated heterocycles. The maximum absolute atomic E-state index is 12.1. The van der Waals surface area contributed by atoms with Gasteiger partial charge in [0.15, 0.2) is 0 Å². The lowest BCUT2D eigenvalue weighted by Crippen LogP contribution is -2.26. The van der Waals surface area contributed by atoms with Crippen molar-refractivity contribution in [2.45, 2.75) is 12.7 Å². The zero-order valence-electron chi connectivity index (χ0n) is 13.4. The largest absolute Gasteiger partial charge is 0.450 e. The minimum atomic E-state index is -0.528. The van der Waals surface area contributed by atoms with Crippen molar-refractivity contribution in [1.29, 1.82) is 0 Å². The molecule has 5 nitrogen and oxygen atoms in total. The molecule has 0 fully saturated rings. The zero-order valence-corrected chi connectivity index (χ0v) is 15.0. The van der Waals surface area contributed by atoms with Crippen LogP contribution in [0.3, 0.4) is 0 Å². The van der Waals surface area contributed by atoms with Crippen LogP contribution in [0.1, 0.15) is 22.2 Å². The van der Waals surface area contributed by atoms with Crippen LogP contribution in [-0.4, -0.2) is 30.9 Å². The molecule has 0 aliphatic rings. The van der Waals surface area contributed by atoms with Gasteiger partial charge in [0, 0.05) is 34.2 Å². The van der Waals surface area contributed by atoms with Gasteiger partial charge in [0.2, 0.25) is 0 Å². The number of carbonyl (C=O) groups excluding carboxylic acids is 2. The first-order chi connectivity index (χ1) is 11.7. The molecule has 1 aromatic carbocycles. The van der Waals surface area contributed by atoms with Crippen molar-refractivity contribution >= 4 is 40.8 Å². The van der Waals surface area contributed by atoms with Crippen molar-refractivity contribution < 1.29 is 14.3 Å². The Morgan fingerprint density at radius 1 is 1.25 bits per heavy atom. The molecule has 128 valence electrons. The van der Waals surface area contributed by atoms with E-state index < -0.39 is 6.09 Å². The number of amides is 2. The highest BCUT2D eigenvalue weighted by molar-refractivity contribution is 7.98. The summed E-state index contributed by atoms with van der Waals surface area (Å²) in [5, 5.41) is 7.53. The lowest BCUT2D eigenvalue weighted by molar-refractivity contribution is 0.0956. The molecule has 2 aromatic rings. The number of anilines is 1. The average molecular weight is 364 g/mol. The Morgan fingerprint density at radius 2 is 2.12 bits per heavy atom. The lowest BCUT2D eigenvalue weighted by Gasteiger charge is -2.08. The molecular weight excluding hydrogens is 344 g/mol. The molecule has 0 radical (unpaired) electrons. The topological polar surface area (TPSA) is 67.4 Å². The molecular formula is C17H20N2O3S2. The number of hydrogen-bond acceptors (Lipinski definition) is 5. The van der Waals surface area contributed by atoms with Crippen LogP contribution < -0.4 is 10.6 Å². The van der Waals surface area contributed by atoms with E-state index in [1.807, 2.05) is 6.07 Å². The molecule has 0 spiro atoms. The third kappa shape index (κ3) is 6.25. The fourth-order valence-corrected chi connectivity index (χ4v) is 3.63. The van der Waals surface area contributed by atoms with Gasteiger partial charge in [0.05, 0.1) is 6.61 Å². The Balaban J connectivity index is 1.74. The van der Waals surface area contributed by atoms with E-state index in [4.69, 9.17) is 4.74 Å². The summed E-state index contributed by atoms with van der Waals surface area (Å²) in [6, 6.07) is 10.9. The van der Waals surface area contributed by atoms with E-state index in [0.29, 0.717) is 24.4 Å². The van der Waals surface area contributed by atoms with Crippen LogP contribution in [0.5, 0.6) is 0 Å². The Hall–Kier alpha value is -1.99. The van der Waals surface area contributed by atoms with E-state index in [0.717, 1.165) is 11.5 Å². The standard InChI is InChI=1S/C17H20N2O3S2/c1-2-22-17(21)19-14-6-3-5-13(11-14)16(20)18-8-10-23-12-15-7-4-9-24-15/h3-7,9,11H,2,8,10,12H2,1H3,(H,18,20)(H,19,21). The molecule has 0 saturated carbocycles. The summed E-state index contributed by atoms with van der Waals surface area (Å²) < 4.78 is 4.82. The van der Waals surface area contributed by atoms with Gasteiger partial charge in [0.1, 0.15) is 0 Å². The van der Waals surface area contributed by atoms with Crippen LogP contribution in [0.2, 0.25) is 0 Å². The maximum atomic E-state index is 12.1. The Morgan fingerprint density at radius 3 is 2.88 bits per heavy atom. The third-order valence-electron chi connectivity index (χ3n) is 3.00. The Labute approximate surface area is 149 Å². The summed E-state index contributed by atoms with van der Waals surface area (Å²) in [5.41, 5.74) is 1.04. The van der Waals surface area contributed by atoms with Crippen molar-refractivity contribution in [3.05, 3.63) is 52.2 Å². The SMILES string of the molecule is CCOC(=O)Nc1cccc(C(=O)NCCSCc2cccs2)c1. The van der Waals surface area contributed by atoms with E-state index in [1.165, 1.54) is 4.88 Å². The van der Waals surface area contributed by atoms with Gasteiger partial charge in [-0.05, 0) is 36.6 Å². The zero-order chi connectivity index (χ0) is 17.2. The first kappa shape index (κ1) is 18.4. The summed E-state index contributed by atoms with van der Waals surface area (Å²) in [6.45, 7) is 2.64. The number of thioether (sulfide) groups is 1. The molecule has 1 aromatic heterocycles. The van der Waals surface area contributed by atoms with Gasteiger partial charge in [-0.2, -0.15) is 11.8 Å². The summed E-state index contributed by atoms with van der Waals surface area (Å²) in [5.74, 6) is 1.66. The van der Waals surface area contributed by atoms with Crippen LogP contribution in [0.25, 0.3) is 0 Å². The third-order valence-corrected chi connectivity index (χ3v) is 5.07. The van der Waals surface area contributed by atoms with E-state index in [1.54, 1.807) is 54.3 Å². The van der Waals surface area contributed by atoms with Crippen LogP contribution >= 0.6 is 23.1 Å². The average Bonchev–Trinajstić information content (AvgIpc) is 3.08. The fraction of sp³-hybridized carbons (Fsp3) is 0.294. The van der Waals surface area contributed by atoms with Crippen molar-refractivity contribution in [2.24, 2.45) is 0 Å². The fourth-order valence-electron chi connectivity index (χ4n) is 1.93. The van der Waals surface area contributed by atoms with Gasteiger partial charge in [-0.25, -0.2) is 4.79 Å². The van der Waals surface area contributed by atoms with Gasteiger partial charge in [-0.1, -0.05) is 12.1 Å². The molecule has 2 N–H and O–H groups in total. The number of benzene rings is 1. The lowest BCUT2D eigenvalue weighted by atomic mass is 10.2. The first-order valence-electron chi connectivity index (χ1n) is 7.61. The molecule has 0 aliphatic carbocycles.